The zero-order valence-electron chi connectivity index (χ0n) is 8.95. The highest BCUT2D eigenvalue weighted by Crippen LogP contribution is 2.23. The Bertz CT molecular complexity index is 513. The summed E-state index contributed by atoms with van der Waals surface area (Å²) in [5, 5.41) is 0. The van der Waals surface area contributed by atoms with Crippen molar-refractivity contribution in [2.45, 2.75) is 13.2 Å². The smallest absolute Gasteiger partial charge is 0.166 e. The molecule has 0 fully saturated rings. The molecule has 0 saturated heterocycles. The van der Waals surface area contributed by atoms with Crippen LogP contribution in [0.3, 0.4) is 0 Å². The zero-order valence-corrected chi connectivity index (χ0v) is 10.5. The largest absolute Gasteiger partial charge is 0.483 e. The van der Waals surface area contributed by atoms with Gasteiger partial charge in [0.2, 0.25) is 0 Å². The Balaban J connectivity index is 2.07. The lowest BCUT2D eigenvalue weighted by Crippen LogP contribution is -2.02. The summed E-state index contributed by atoms with van der Waals surface area (Å²) in [5.74, 6) is 0.391. The van der Waals surface area contributed by atoms with Gasteiger partial charge in [0, 0.05) is 16.6 Å². The first-order valence-electron chi connectivity index (χ1n) is 5.04. The minimum atomic E-state index is -0.416. The van der Waals surface area contributed by atoms with Gasteiger partial charge in [0.15, 0.2) is 11.6 Å². The number of furan rings is 1. The van der Waals surface area contributed by atoms with Crippen LogP contribution in [0, 0.1) is 5.82 Å². The molecule has 0 aliphatic heterocycles. The Morgan fingerprint density at radius 3 is 2.88 bits per heavy atom. The summed E-state index contributed by atoms with van der Waals surface area (Å²) in [6.07, 6.45) is 1.54. The molecule has 1 aromatic carbocycles. The maximum absolute atomic E-state index is 13.5. The van der Waals surface area contributed by atoms with Gasteiger partial charge in [-0.05, 0) is 24.3 Å². The molecule has 0 amide bonds. The van der Waals surface area contributed by atoms with E-state index in [9.17, 15) is 4.39 Å². The van der Waals surface area contributed by atoms with Crippen molar-refractivity contribution in [3.05, 3.63) is 52.1 Å². The molecule has 0 radical (unpaired) electrons. The maximum atomic E-state index is 13.5. The Morgan fingerprint density at radius 1 is 1.35 bits per heavy atom. The van der Waals surface area contributed by atoms with Crippen LogP contribution < -0.4 is 10.5 Å². The van der Waals surface area contributed by atoms with E-state index in [1.54, 1.807) is 24.5 Å². The summed E-state index contributed by atoms with van der Waals surface area (Å²) in [7, 11) is 0. The molecular formula is C12H11BrFNO2. The molecule has 0 spiro atoms. The Labute approximate surface area is 106 Å². The fraction of sp³-hybridized carbons (Fsp3) is 0.167. The van der Waals surface area contributed by atoms with E-state index in [1.165, 1.54) is 6.07 Å². The van der Waals surface area contributed by atoms with E-state index >= 15 is 0 Å². The number of hydrogen-bond acceptors (Lipinski definition) is 3. The van der Waals surface area contributed by atoms with Crippen molar-refractivity contribution in [2.75, 3.05) is 0 Å². The monoisotopic (exact) mass is 299 g/mol. The van der Waals surface area contributed by atoms with E-state index in [0.717, 1.165) is 5.56 Å². The summed E-state index contributed by atoms with van der Waals surface area (Å²) < 4.78 is 24.7. The molecule has 0 bridgehead atoms. The zero-order chi connectivity index (χ0) is 12.3. The van der Waals surface area contributed by atoms with Crippen LogP contribution in [-0.2, 0) is 13.2 Å². The molecule has 2 rings (SSSR count). The van der Waals surface area contributed by atoms with Crippen molar-refractivity contribution < 1.29 is 13.5 Å². The highest BCUT2D eigenvalue weighted by Gasteiger charge is 2.08. The second kappa shape index (κ2) is 5.33. The predicted octanol–water partition coefficient (Wildman–Crippen LogP) is 3.22. The number of benzene rings is 1. The molecule has 0 unspecified atom stereocenters. The number of rotatable bonds is 4. The third-order valence-electron chi connectivity index (χ3n) is 2.31. The molecule has 2 N–H and O–H groups in total. The van der Waals surface area contributed by atoms with Gasteiger partial charge in [-0.3, -0.25) is 0 Å². The van der Waals surface area contributed by atoms with E-state index in [0.29, 0.717) is 16.8 Å². The van der Waals surface area contributed by atoms with Crippen LogP contribution in [0.5, 0.6) is 5.75 Å². The second-order valence-electron chi connectivity index (χ2n) is 3.44. The summed E-state index contributed by atoms with van der Waals surface area (Å²) in [6.45, 7) is 0.538. The van der Waals surface area contributed by atoms with Crippen molar-refractivity contribution >= 4 is 15.9 Å². The Morgan fingerprint density at radius 2 is 2.18 bits per heavy atom. The molecule has 2 aromatic rings. The summed E-state index contributed by atoms with van der Waals surface area (Å²) in [6, 6.07) is 6.40. The SMILES string of the molecule is NCc1ccoc1COc1ccc(Br)cc1F. The van der Waals surface area contributed by atoms with Crippen LogP contribution >= 0.6 is 15.9 Å². The summed E-state index contributed by atoms with van der Waals surface area (Å²) >= 11 is 3.18. The first-order chi connectivity index (χ1) is 8.20. The molecular weight excluding hydrogens is 289 g/mol. The molecule has 1 heterocycles. The first kappa shape index (κ1) is 12.1. The van der Waals surface area contributed by atoms with Gasteiger partial charge in [-0.1, -0.05) is 15.9 Å². The van der Waals surface area contributed by atoms with Crippen LogP contribution in [0.25, 0.3) is 0 Å². The Hall–Kier alpha value is -1.33. The quantitative estimate of drug-likeness (QED) is 0.943. The lowest BCUT2D eigenvalue weighted by Gasteiger charge is -2.06. The van der Waals surface area contributed by atoms with Gasteiger partial charge >= 0.3 is 0 Å². The fourth-order valence-electron chi connectivity index (χ4n) is 1.41. The lowest BCUT2D eigenvalue weighted by molar-refractivity contribution is 0.257. The summed E-state index contributed by atoms with van der Waals surface area (Å²) in [5.41, 5.74) is 6.38. The van der Waals surface area contributed by atoms with E-state index < -0.39 is 5.82 Å². The third-order valence-corrected chi connectivity index (χ3v) is 2.80. The van der Waals surface area contributed by atoms with Crippen LogP contribution in [0.1, 0.15) is 11.3 Å². The molecule has 5 heteroatoms. The van der Waals surface area contributed by atoms with Crippen LogP contribution in [0.2, 0.25) is 0 Å². The summed E-state index contributed by atoms with van der Waals surface area (Å²) in [4.78, 5) is 0. The van der Waals surface area contributed by atoms with Crippen LogP contribution in [-0.4, -0.2) is 0 Å². The van der Waals surface area contributed by atoms with E-state index in [4.69, 9.17) is 14.9 Å². The van der Waals surface area contributed by atoms with Crippen molar-refractivity contribution in [3.8, 4) is 5.75 Å². The normalized spacial score (nSPS) is 10.5. The van der Waals surface area contributed by atoms with Gasteiger partial charge in [-0.25, -0.2) is 4.39 Å². The molecule has 17 heavy (non-hydrogen) atoms. The number of ether oxygens (including phenoxy) is 1. The maximum Gasteiger partial charge on any atom is 0.166 e. The molecule has 3 nitrogen and oxygen atoms in total. The number of nitrogens with two attached hydrogens (primary N) is 1. The van der Waals surface area contributed by atoms with Crippen LogP contribution in [0.4, 0.5) is 4.39 Å². The van der Waals surface area contributed by atoms with Gasteiger partial charge in [0.05, 0.1) is 6.26 Å². The molecule has 0 atom stereocenters. The fourth-order valence-corrected chi connectivity index (χ4v) is 1.74. The predicted molar refractivity (Wildman–Crippen MR) is 65.0 cm³/mol. The van der Waals surface area contributed by atoms with Crippen molar-refractivity contribution in [1.29, 1.82) is 0 Å². The second-order valence-corrected chi connectivity index (χ2v) is 4.35. The average Bonchev–Trinajstić information content (AvgIpc) is 2.75. The van der Waals surface area contributed by atoms with Gasteiger partial charge in [-0.2, -0.15) is 0 Å². The highest BCUT2D eigenvalue weighted by molar-refractivity contribution is 9.10. The van der Waals surface area contributed by atoms with Crippen molar-refractivity contribution in [2.24, 2.45) is 5.73 Å². The third kappa shape index (κ3) is 2.87. The highest BCUT2D eigenvalue weighted by atomic mass is 79.9. The van der Waals surface area contributed by atoms with E-state index in [1.807, 2.05) is 0 Å². The molecule has 0 saturated carbocycles. The Kier molecular flexibility index (Phi) is 3.81. The van der Waals surface area contributed by atoms with Gasteiger partial charge < -0.3 is 14.9 Å². The molecule has 90 valence electrons. The number of halogens is 2. The molecule has 0 aliphatic carbocycles. The van der Waals surface area contributed by atoms with Gasteiger partial charge in [-0.15, -0.1) is 0 Å². The van der Waals surface area contributed by atoms with E-state index in [2.05, 4.69) is 15.9 Å². The van der Waals surface area contributed by atoms with Crippen molar-refractivity contribution in [1.82, 2.24) is 0 Å². The van der Waals surface area contributed by atoms with Crippen LogP contribution in [0.15, 0.2) is 39.4 Å². The van der Waals surface area contributed by atoms with Crippen molar-refractivity contribution in [3.63, 3.8) is 0 Å². The molecule has 0 aliphatic rings. The topological polar surface area (TPSA) is 48.4 Å². The average molecular weight is 300 g/mol. The van der Waals surface area contributed by atoms with Gasteiger partial charge in [0.1, 0.15) is 12.4 Å². The minimum absolute atomic E-state index is 0.165. The lowest BCUT2D eigenvalue weighted by atomic mass is 10.2. The standard InChI is InChI=1S/C12H11BrFNO2/c13-9-1-2-11(10(14)5-9)17-7-12-8(6-15)3-4-16-12/h1-5H,6-7,15H2. The first-order valence-corrected chi connectivity index (χ1v) is 5.83. The minimum Gasteiger partial charge on any atom is -0.483 e. The van der Waals surface area contributed by atoms with Gasteiger partial charge in [0.25, 0.3) is 0 Å². The number of hydrogen-bond donors (Lipinski definition) is 1. The molecule has 1 aromatic heterocycles. The van der Waals surface area contributed by atoms with E-state index in [-0.39, 0.29) is 12.4 Å².